The molecule has 3 N–H and O–H groups in total. The van der Waals surface area contributed by atoms with Crippen molar-refractivity contribution in [3.05, 3.63) is 12.2 Å². The number of nitrogens with zero attached hydrogens (tertiary/aromatic N) is 1. The number of allylic oxidation sites excluding steroid dienone is 1. The van der Waals surface area contributed by atoms with E-state index < -0.39 is 0 Å². The number of fused-ring (bicyclic) bond motifs is 2. The van der Waals surface area contributed by atoms with Crippen molar-refractivity contribution in [1.29, 1.82) is 5.26 Å². The first kappa shape index (κ1) is 26.7. The van der Waals surface area contributed by atoms with Crippen molar-refractivity contribution in [2.75, 3.05) is 6.61 Å². The van der Waals surface area contributed by atoms with E-state index in [1.165, 1.54) is 56.9 Å². The Hall–Kier alpha value is -0.850. The van der Waals surface area contributed by atoms with Crippen LogP contribution in [-0.4, -0.2) is 17.8 Å². The third kappa shape index (κ3) is 5.08. The molecule has 0 saturated heterocycles. The van der Waals surface area contributed by atoms with Crippen molar-refractivity contribution in [2.24, 2.45) is 51.6 Å². The van der Waals surface area contributed by atoms with Gasteiger partial charge < -0.3 is 10.8 Å². The lowest BCUT2D eigenvalue weighted by Gasteiger charge is -2.56. The molecule has 0 aliphatic heterocycles. The van der Waals surface area contributed by atoms with Crippen LogP contribution in [0.5, 0.6) is 0 Å². The number of nitrogens with two attached hydrogens (primary N) is 1. The zero-order chi connectivity index (χ0) is 24.4. The molecule has 3 rings (SSSR count). The number of nitriles is 1. The van der Waals surface area contributed by atoms with Gasteiger partial charge in [0.25, 0.3) is 0 Å². The van der Waals surface area contributed by atoms with Crippen molar-refractivity contribution in [2.45, 2.75) is 118 Å². The molecule has 0 radical (unpaired) electrons. The van der Waals surface area contributed by atoms with Crippen LogP contribution in [0.15, 0.2) is 12.2 Å². The second-order valence-corrected chi connectivity index (χ2v) is 13.2. The quantitative estimate of drug-likeness (QED) is 0.414. The Bertz CT molecular complexity index is 727. The Labute approximate surface area is 204 Å². The zero-order valence-electron chi connectivity index (χ0n) is 22.3. The third-order valence-electron chi connectivity index (χ3n) is 11.3. The van der Waals surface area contributed by atoms with Gasteiger partial charge in [-0.15, -0.1) is 0 Å². The molecule has 0 aromatic heterocycles. The van der Waals surface area contributed by atoms with Crippen LogP contribution in [0.3, 0.4) is 0 Å². The Morgan fingerprint density at radius 2 is 1.82 bits per heavy atom. The molecule has 188 valence electrons. The van der Waals surface area contributed by atoms with Gasteiger partial charge in [-0.25, -0.2) is 0 Å². The minimum atomic E-state index is -0.133. The van der Waals surface area contributed by atoms with Gasteiger partial charge in [0.05, 0.1) is 11.5 Å². The molecule has 0 amide bonds. The maximum atomic E-state index is 10.4. The molecular weight excluding hydrogens is 404 g/mol. The van der Waals surface area contributed by atoms with E-state index in [2.05, 4.69) is 47.3 Å². The highest BCUT2D eigenvalue weighted by Crippen LogP contribution is 2.62. The lowest BCUT2D eigenvalue weighted by molar-refractivity contribution is -0.0666. The molecule has 9 atom stereocenters. The predicted molar refractivity (Wildman–Crippen MR) is 138 cm³/mol. The van der Waals surface area contributed by atoms with Gasteiger partial charge in [-0.05, 0) is 112 Å². The van der Waals surface area contributed by atoms with Crippen molar-refractivity contribution in [3.8, 4) is 6.07 Å². The van der Waals surface area contributed by atoms with Gasteiger partial charge in [-0.3, -0.25) is 0 Å². The van der Waals surface area contributed by atoms with Crippen LogP contribution in [-0.2, 0) is 0 Å². The zero-order valence-corrected chi connectivity index (χ0v) is 22.3. The summed E-state index contributed by atoms with van der Waals surface area (Å²) in [6, 6.07) is 2.96. The van der Waals surface area contributed by atoms with Crippen LogP contribution in [0.4, 0.5) is 0 Å². The molecule has 0 bridgehead atoms. The van der Waals surface area contributed by atoms with Crippen LogP contribution < -0.4 is 5.73 Å². The molecule has 9 unspecified atom stereocenters. The molecule has 0 aromatic carbocycles. The van der Waals surface area contributed by atoms with Gasteiger partial charge in [0.15, 0.2) is 0 Å². The van der Waals surface area contributed by atoms with E-state index >= 15 is 0 Å². The number of aliphatic hydroxyl groups excluding tert-OH is 1. The summed E-state index contributed by atoms with van der Waals surface area (Å²) in [4.78, 5) is 0. The molecule has 3 saturated carbocycles. The first-order valence-corrected chi connectivity index (χ1v) is 14.0. The highest BCUT2D eigenvalue weighted by atomic mass is 16.3. The molecule has 3 nitrogen and oxygen atoms in total. The van der Waals surface area contributed by atoms with E-state index in [9.17, 15) is 10.4 Å². The SMILES string of the molecule is C=C(C)C1CCC2(C#N)CCC(C)C3(C)CCCC(C)(CCC(N)C(C)CO)C3CCCC12. The summed E-state index contributed by atoms with van der Waals surface area (Å²) in [5.74, 6) is 2.54. The first-order chi connectivity index (χ1) is 15.5. The maximum absolute atomic E-state index is 10.4. The highest BCUT2D eigenvalue weighted by Gasteiger charge is 2.54. The molecular formula is C30H52N2O. The standard InChI is InChI=1S/C30H52N2O/c1-21(2)24-12-18-30(20-31)17-11-23(4)29(6)15-8-14-28(5,16-13-26(32)22(3)19-33)27(29)10-7-9-25(24)30/h22-27,33H,1,7-19,32H2,2-6H3. The average Bonchev–Trinajstić information content (AvgIpc) is 3.16. The summed E-state index contributed by atoms with van der Waals surface area (Å²) >= 11 is 0. The number of rotatable bonds is 6. The summed E-state index contributed by atoms with van der Waals surface area (Å²) in [6.07, 6.45) is 14.3. The lowest BCUT2D eigenvalue weighted by atomic mass is 9.48. The average molecular weight is 457 g/mol. The van der Waals surface area contributed by atoms with E-state index in [1.807, 2.05) is 0 Å². The Morgan fingerprint density at radius 1 is 1.12 bits per heavy atom. The van der Waals surface area contributed by atoms with Crippen LogP contribution >= 0.6 is 0 Å². The topological polar surface area (TPSA) is 70.0 Å². The number of aliphatic hydroxyl groups is 1. The van der Waals surface area contributed by atoms with E-state index in [4.69, 9.17) is 5.73 Å². The largest absolute Gasteiger partial charge is 0.396 e. The normalized spacial score (nSPS) is 43.6. The van der Waals surface area contributed by atoms with Gasteiger partial charge in [-0.1, -0.05) is 52.7 Å². The molecule has 3 heteroatoms. The number of hydrogen-bond acceptors (Lipinski definition) is 3. The molecule has 33 heavy (non-hydrogen) atoms. The van der Waals surface area contributed by atoms with E-state index in [0.29, 0.717) is 34.5 Å². The second-order valence-electron chi connectivity index (χ2n) is 13.2. The Balaban J connectivity index is 1.85. The smallest absolute Gasteiger partial charge is 0.0692 e. The van der Waals surface area contributed by atoms with Gasteiger partial charge in [-0.2, -0.15) is 5.26 Å². The van der Waals surface area contributed by atoms with Gasteiger partial charge in [0, 0.05) is 12.6 Å². The van der Waals surface area contributed by atoms with Gasteiger partial charge in [0.2, 0.25) is 0 Å². The monoisotopic (exact) mass is 456 g/mol. The Kier molecular flexibility index (Phi) is 8.44. The van der Waals surface area contributed by atoms with Gasteiger partial charge in [0.1, 0.15) is 0 Å². The lowest BCUT2D eigenvalue weighted by Crippen LogP contribution is -2.48. The molecule has 3 aliphatic rings. The molecule has 0 heterocycles. The minimum absolute atomic E-state index is 0.0861. The Morgan fingerprint density at radius 3 is 2.45 bits per heavy atom. The van der Waals surface area contributed by atoms with Crippen LogP contribution in [0.25, 0.3) is 0 Å². The van der Waals surface area contributed by atoms with Gasteiger partial charge >= 0.3 is 0 Å². The van der Waals surface area contributed by atoms with Crippen molar-refractivity contribution in [1.82, 2.24) is 0 Å². The van der Waals surface area contributed by atoms with Crippen LogP contribution in [0.1, 0.15) is 112 Å². The number of hydrogen-bond donors (Lipinski definition) is 2. The second kappa shape index (κ2) is 10.4. The van der Waals surface area contributed by atoms with E-state index in [0.717, 1.165) is 25.7 Å². The fourth-order valence-corrected chi connectivity index (χ4v) is 8.60. The van der Waals surface area contributed by atoms with Crippen molar-refractivity contribution in [3.63, 3.8) is 0 Å². The molecule has 0 spiro atoms. The minimum Gasteiger partial charge on any atom is -0.396 e. The van der Waals surface area contributed by atoms with Crippen molar-refractivity contribution >= 4 is 0 Å². The molecule has 3 fully saturated rings. The molecule has 0 aromatic rings. The summed E-state index contributed by atoms with van der Waals surface area (Å²) in [6.45, 7) is 16.4. The van der Waals surface area contributed by atoms with E-state index in [1.54, 1.807) is 0 Å². The summed E-state index contributed by atoms with van der Waals surface area (Å²) < 4.78 is 0. The van der Waals surface area contributed by atoms with Crippen LogP contribution in [0, 0.1) is 57.2 Å². The predicted octanol–water partition coefficient (Wildman–Crippen LogP) is 7.25. The summed E-state index contributed by atoms with van der Waals surface area (Å²) in [5, 5.41) is 19.9. The summed E-state index contributed by atoms with van der Waals surface area (Å²) in [5.41, 5.74) is 8.29. The van der Waals surface area contributed by atoms with E-state index in [-0.39, 0.29) is 24.0 Å². The molecule has 3 aliphatic carbocycles. The third-order valence-corrected chi connectivity index (χ3v) is 11.3. The highest BCUT2D eigenvalue weighted by molar-refractivity contribution is 5.16. The summed E-state index contributed by atoms with van der Waals surface area (Å²) in [7, 11) is 0. The fraction of sp³-hybridized carbons (Fsp3) is 0.900. The van der Waals surface area contributed by atoms with Crippen molar-refractivity contribution < 1.29 is 5.11 Å². The maximum Gasteiger partial charge on any atom is 0.0692 e. The fourth-order valence-electron chi connectivity index (χ4n) is 8.60. The van der Waals surface area contributed by atoms with Crippen LogP contribution in [0.2, 0.25) is 0 Å². The first-order valence-electron chi connectivity index (χ1n) is 14.0.